The van der Waals surface area contributed by atoms with Crippen molar-refractivity contribution in [2.45, 2.75) is 37.6 Å². The maximum Gasteiger partial charge on any atom is 0.326 e. The van der Waals surface area contributed by atoms with Gasteiger partial charge in [-0.2, -0.15) is 0 Å². The molecule has 0 radical (unpaired) electrons. The van der Waals surface area contributed by atoms with Crippen molar-refractivity contribution < 1.29 is 4.79 Å². The number of rotatable bonds is 4. The molecule has 7 nitrogen and oxygen atoms in total. The Morgan fingerprint density at radius 3 is 2.68 bits per heavy atom. The molecule has 1 amide bonds. The number of amides is 1. The molecule has 4 aromatic rings. The van der Waals surface area contributed by atoms with Crippen LogP contribution in [0.3, 0.4) is 0 Å². The molecule has 1 N–H and O–H groups in total. The van der Waals surface area contributed by atoms with Crippen LogP contribution in [-0.4, -0.2) is 63.0 Å². The summed E-state index contributed by atoms with van der Waals surface area (Å²) in [6.45, 7) is 3.72. The highest BCUT2D eigenvalue weighted by atomic mass is 32.1. The maximum atomic E-state index is 13.2. The molecule has 8 heteroatoms. The molecule has 176 valence electrons. The van der Waals surface area contributed by atoms with E-state index >= 15 is 0 Å². The summed E-state index contributed by atoms with van der Waals surface area (Å²) in [4.78, 5) is 37.8. The molecule has 0 saturated carbocycles. The van der Waals surface area contributed by atoms with E-state index in [4.69, 9.17) is 4.98 Å². The lowest BCUT2D eigenvalue weighted by molar-refractivity contribution is -0.134. The van der Waals surface area contributed by atoms with E-state index in [0.717, 1.165) is 73.4 Å². The highest BCUT2D eigenvalue weighted by molar-refractivity contribution is 7.18. The average molecular weight is 476 g/mol. The molecule has 4 heterocycles. The molecule has 2 aromatic carbocycles. The van der Waals surface area contributed by atoms with Gasteiger partial charge in [0.05, 0.1) is 32.8 Å². The summed E-state index contributed by atoms with van der Waals surface area (Å²) < 4.78 is 3.12. The summed E-state index contributed by atoms with van der Waals surface area (Å²) in [6.07, 6.45) is 3.87. The Kier molecular flexibility index (Phi) is 5.71. The van der Waals surface area contributed by atoms with E-state index in [1.165, 1.54) is 4.70 Å². The zero-order valence-corrected chi connectivity index (χ0v) is 20.0. The van der Waals surface area contributed by atoms with Crippen LogP contribution in [0.4, 0.5) is 0 Å². The molecule has 0 unspecified atom stereocenters. The van der Waals surface area contributed by atoms with Crippen LogP contribution in [0.5, 0.6) is 0 Å². The van der Waals surface area contributed by atoms with Crippen LogP contribution in [-0.2, 0) is 4.79 Å². The number of nitrogens with zero attached hydrogens (tertiary/aromatic N) is 4. The average Bonchev–Trinajstić information content (AvgIpc) is 3.45. The molecule has 2 saturated heterocycles. The molecule has 2 fully saturated rings. The fraction of sp³-hybridized carbons (Fsp3) is 0.423. The predicted octanol–water partition coefficient (Wildman–Crippen LogP) is 3.98. The minimum Gasteiger partial charge on any atom is -0.341 e. The van der Waals surface area contributed by atoms with Crippen molar-refractivity contribution in [1.82, 2.24) is 24.3 Å². The van der Waals surface area contributed by atoms with Gasteiger partial charge in [-0.05, 0) is 49.9 Å². The summed E-state index contributed by atoms with van der Waals surface area (Å²) in [6, 6.07) is 16.3. The highest BCUT2D eigenvalue weighted by Gasteiger charge is 2.29. The summed E-state index contributed by atoms with van der Waals surface area (Å²) in [5.74, 6) is 0.545. The summed E-state index contributed by atoms with van der Waals surface area (Å²) in [5.41, 5.74) is 2.88. The lowest BCUT2D eigenvalue weighted by atomic mass is 9.98. The first-order chi connectivity index (χ1) is 16.7. The second-order valence-corrected chi connectivity index (χ2v) is 10.6. The molecule has 0 spiro atoms. The zero-order chi connectivity index (χ0) is 23.1. The number of piperidine rings is 2. The Morgan fingerprint density at radius 1 is 1.03 bits per heavy atom. The van der Waals surface area contributed by atoms with Crippen molar-refractivity contribution in [3.05, 3.63) is 64.0 Å². The number of aromatic nitrogens is 3. The predicted molar refractivity (Wildman–Crippen MR) is 135 cm³/mol. The second-order valence-electron chi connectivity index (χ2n) is 9.52. The molecule has 34 heavy (non-hydrogen) atoms. The molecule has 6 rings (SSSR count). The Labute approximate surface area is 202 Å². The number of hydrogen-bond donors (Lipinski definition) is 1. The molecule has 2 aliphatic rings. The third kappa shape index (κ3) is 4.05. The number of imidazole rings is 1. The minimum atomic E-state index is -0.0371. The number of benzene rings is 2. The van der Waals surface area contributed by atoms with E-state index in [1.54, 1.807) is 11.3 Å². The second kappa shape index (κ2) is 9.00. The SMILES string of the molecule is O=C(CN1CCC(n2c(=O)[nH]c3ccccc32)CC1)N1CCC[C@@H](c2nc3ccccc3s2)C1. The van der Waals surface area contributed by atoms with Gasteiger partial charge >= 0.3 is 5.69 Å². The van der Waals surface area contributed by atoms with Crippen LogP contribution in [0.15, 0.2) is 53.3 Å². The van der Waals surface area contributed by atoms with Crippen LogP contribution in [0.1, 0.15) is 42.7 Å². The molecular formula is C26H29N5O2S. The minimum absolute atomic E-state index is 0.0371. The molecule has 1 atom stereocenters. The quantitative estimate of drug-likeness (QED) is 0.485. The third-order valence-electron chi connectivity index (χ3n) is 7.34. The fourth-order valence-corrected chi connectivity index (χ4v) is 6.63. The van der Waals surface area contributed by atoms with E-state index < -0.39 is 0 Å². The van der Waals surface area contributed by atoms with Crippen LogP contribution < -0.4 is 5.69 Å². The summed E-state index contributed by atoms with van der Waals surface area (Å²) in [5, 5.41) is 1.16. The lowest BCUT2D eigenvalue weighted by Gasteiger charge is -2.36. The molecular weight excluding hydrogens is 446 g/mol. The maximum absolute atomic E-state index is 13.2. The van der Waals surface area contributed by atoms with E-state index in [2.05, 4.69) is 28.1 Å². The monoisotopic (exact) mass is 475 g/mol. The number of thiazole rings is 1. The van der Waals surface area contributed by atoms with Crippen molar-refractivity contribution in [1.29, 1.82) is 0 Å². The van der Waals surface area contributed by atoms with E-state index in [1.807, 2.05) is 39.8 Å². The van der Waals surface area contributed by atoms with Gasteiger partial charge in [-0.25, -0.2) is 9.78 Å². The van der Waals surface area contributed by atoms with E-state index in [9.17, 15) is 9.59 Å². The Morgan fingerprint density at radius 2 is 1.82 bits per heavy atom. The zero-order valence-electron chi connectivity index (χ0n) is 19.2. The van der Waals surface area contributed by atoms with Gasteiger partial charge < -0.3 is 9.88 Å². The highest BCUT2D eigenvalue weighted by Crippen LogP contribution is 2.33. The van der Waals surface area contributed by atoms with Gasteiger partial charge in [0, 0.05) is 38.1 Å². The van der Waals surface area contributed by atoms with Crippen molar-refractivity contribution >= 4 is 38.5 Å². The number of nitrogens with one attached hydrogen (secondary N) is 1. The largest absolute Gasteiger partial charge is 0.341 e. The number of carbonyl (C=O) groups excluding carboxylic acids is 1. The first-order valence-electron chi connectivity index (χ1n) is 12.2. The number of H-pyrrole nitrogens is 1. The standard InChI is InChI=1S/C26H29N5O2S/c32-24(30-13-5-6-18(16-30)25-27-21-8-2-4-10-23(21)34-25)17-29-14-11-19(12-15-29)31-22-9-3-1-7-20(22)28-26(31)33/h1-4,7-10,18-19H,5-6,11-17H2,(H,28,33)/t18-/m1/s1. The van der Waals surface area contributed by atoms with Crippen molar-refractivity contribution in [3.63, 3.8) is 0 Å². The van der Waals surface area contributed by atoms with Gasteiger partial charge in [-0.3, -0.25) is 14.3 Å². The van der Waals surface area contributed by atoms with Gasteiger partial charge in [-0.1, -0.05) is 24.3 Å². The van der Waals surface area contributed by atoms with Gasteiger partial charge in [0.25, 0.3) is 0 Å². The van der Waals surface area contributed by atoms with Crippen LogP contribution in [0, 0.1) is 0 Å². The fourth-order valence-electron chi connectivity index (χ4n) is 5.53. The first-order valence-corrected chi connectivity index (χ1v) is 13.0. The number of aromatic amines is 1. The Balaban J connectivity index is 1.07. The van der Waals surface area contributed by atoms with Gasteiger partial charge in [0.2, 0.25) is 5.91 Å². The molecule has 2 aromatic heterocycles. The van der Waals surface area contributed by atoms with Crippen LogP contribution in [0.2, 0.25) is 0 Å². The number of likely N-dealkylation sites (tertiary alicyclic amines) is 2. The van der Waals surface area contributed by atoms with Crippen molar-refractivity contribution in [2.75, 3.05) is 32.7 Å². The smallest absolute Gasteiger partial charge is 0.326 e. The topological polar surface area (TPSA) is 74.2 Å². The number of carbonyl (C=O) groups is 1. The lowest BCUT2D eigenvalue weighted by Crippen LogP contribution is -2.46. The van der Waals surface area contributed by atoms with Gasteiger partial charge in [0.15, 0.2) is 0 Å². The molecule has 0 bridgehead atoms. The Bertz CT molecular complexity index is 1350. The van der Waals surface area contributed by atoms with Gasteiger partial charge in [0.1, 0.15) is 0 Å². The normalized spacial score (nSPS) is 20.4. The van der Waals surface area contributed by atoms with Gasteiger partial charge in [-0.15, -0.1) is 11.3 Å². The first kappa shape index (κ1) is 21.6. The molecule has 0 aliphatic carbocycles. The Hall–Kier alpha value is -2.97. The van der Waals surface area contributed by atoms with E-state index in [0.29, 0.717) is 12.5 Å². The van der Waals surface area contributed by atoms with Crippen LogP contribution >= 0.6 is 11.3 Å². The number of fused-ring (bicyclic) bond motifs is 2. The van der Waals surface area contributed by atoms with Crippen molar-refractivity contribution in [3.8, 4) is 0 Å². The number of para-hydroxylation sites is 3. The van der Waals surface area contributed by atoms with Crippen molar-refractivity contribution in [2.24, 2.45) is 0 Å². The van der Waals surface area contributed by atoms with Crippen LogP contribution in [0.25, 0.3) is 21.3 Å². The van der Waals surface area contributed by atoms with E-state index in [-0.39, 0.29) is 17.6 Å². The summed E-state index contributed by atoms with van der Waals surface area (Å²) >= 11 is 1.76. The summed E-state index contributed by atoms with van der Waals surface area (Å²) in [7, 11) is 0. The number of hydrogen-bond acceptors (Lipinski definition) is 5. The third-order valence-corrected chi connectivity index (χ3v) is 8.54. The molecule has 2 aliphatic heterocycles.